The molecular weight excluding hydrogens is 250 g/mol. The van der Waals surface area contributed by atoms with Crippen molar-refractivity contribution < 1.29 is 4.74 Å². The van der Waals surface area contributed by atoms with Crippen LogP contribution in [0.5, 0.6) is 0 Å². The predicted molar refractivity (Wildman–Crippen MR) is 75.2 cm³/mol. The summed E-state index contributed by atoms with van der Waals surface area (Å²) in [6.07, 6.45) is 1.86. The summed E-state index contributed by atoms with van der Waals surface area (Å²) >= 11 is 5.95. The Kier molecular flexibility index (Phi) is 6.98. The lowest BCUT2D eigenvalue weighted by atomic mass is 10.2. The van der Waals surface area contributed by atoms with Gasteiger partial charge in [-0.2, -0.15) is 0 Å². The third-order valence-electron chi connectivity index (χ3n) is 2.22. The molecule has 1 aromatic rings. The molecule has 102 valence electrons. The average molecular weight is 272 g/mol. The molecule has 0 amide bonds. The number of aryl methyl sites for hydroxylation is 1. The van der Waals surface area contributed by atoms with Crippen molar-refractivity contribution in [1.29, 1.82) is 0 Å². The Balaban J connectivity index is 2.37. The molecule has 4 nitrogen and oxygen atoms in total. The number of hydrogen-bond acceptors (Lipinski definition) is 4. The van der Waals surface area contributed by atoms with Gasteiger partial charge in [-0.15, -0.1) is 0 Å². The maximum absolute atomic E-state index is 5.95. The Morgan fingerprint density at radius 1 is 1.39 bits per heavy atom. The Hall–Kier alpha value is -0.870. The molecule has 0 saturated heterocycles. The quantitative estimate of drug-likeness (QED) is 0.583. The fraction of sp³-hybridized carbons (Fsp3) is 0.692. The number of halogens is 1. The van der Waals surface area contributed by atoms with Crippen LogP contribution in [0.25, 0.3) is 0 Å². The van der Waals surface area contributed by atoms with Gasteiger partial charge in [-0.3, -0.25) is 0 Å². The fourth-order valence-electron chi connectivity index (χ4n) is 1.46. The van der Waals surface area contributed by atoms with Crippen molar-refractivity contribution in [3.63, 3.8) is 0 Å². The van der Waals surface area contributed by atoms with E-state index in [1.165, 1.54) is 0 Å². The van der Waals surface area contributed by atoms with E-state index in [2.05, 4.69) is 36.1 Å². The smallest absolute Gasteiger partial charge is 0.134 e. The summed E-state index contributed by atoms with van der Waals surface area (Å²) in [5.74, 6) is 2.12. The number of nitrogens with zero attached hydrogens (tertiary/aromatic N) is 2. The molecule has 0 unspecified atom stereocenters. The highest BCUT2D eigenvalue weighted by Gasteiger charge is 2.02. The highest BCUT2D eigenvalue weighted by Crippen LogP contribution is 2.12. The first kappa shape index (κ1) is 15.2. The second-order valence-corrected chi connectivity index (χ2v) is 5.02. The molecule has 0 bridgehead atoms. The van der Waals surface area contributed by atoms with Crippen LogP contribution in [0.15, 0.2) is 6.07 Å². The summed E-state index contributed by atoms with van der Waals surface area (Å²) in [4.78, 5) is 8.57. The lowest BCUT2D eigenvalue weighted by Gasteiger charge is -2.09. The van der Waals surface area contributed by atoms with Crippen LogP contribution in [0.3, 0.4) is 0 Å². The first-order valence-electron chi connectivity index (χ1n) is 6.47. The summed E-state index contributed by atoms with van der Waals surface area (Å²) < 4.78 is 5.49. The van der Waals surface area contributed by atoms with E-state index in [4.69, 9.17) is 16.3 Å². The molecule has 0 fully saturated rings. The Labute approximate surface area is 114 Å². The van der Waals surface area contributed by atoms with E-state index < -0.39 is 0 Å². The maximum atomic E-state index is 5.95. The monoisotopic (exact) mass is 271 g/mol. The zero-order valence-electron chi connectivity index (χ0n) is 11.4. The second kappa shape index (κ2) is 8.27. The van der Waals surface area contributed by atoms with Crippen molar-refractivity contribution in [2.24, 2.45) is 5.92 Å². The van der Waals surface area contributed by atoms with Gasteiger partial charge in [-0.25, -0.2) is 9.97 Å². The van der Waals surface area contributed by atoms with Crippen LogP contribution in [0.1, 0.15) is 33.0 Å². The molecule has 1 N–H and O–H groups in total. The van der Waals surface area contributed by atoms with Crippen molar-refractivity contribution >= 4 is 17.4 Å². The second-order valence-electron chi connectivity index (χ2n) is 4.64. The van der Waals surface area contributed by atoms with E-state index in [-0.39, 0.29) is 0 Å². The molecule has 0 aliphatic rings. The lowest BCUT2D eigenvalue weighted by Crippen LogP contribution is -2.13. The number of ether oxygens (including phenoxy) is 1. The molecule has 0 saturated carbocycles. The molecule has 0 aromatic carbocycles. The van der Waals surface area contributed by atoms with Crippen LogP contribution >= 0.6 is 11.6 Å². The van der Waals surface area contributed by atoms with Gasteiger partial charge in [0.1, 0.15) is 16.8 Å². The highest BCUT2D eigenvalue weighted by atomic mass is 35.5. The zero-order chi connectivity index (χ0) is 13.4. The molecule has 1 rings (SSSR count). The van der Waals surface area contributed by atoms with E-state index >= 15 is 0 Å². The molecule has 1 heterocycles. The average Bonchev–Trinajstić information content (AvgIpc) is 2.28. The Morgan fingerprint density at radius 2 is 2.17 bits per heavy atom. The molecule has 0 radical (unpaired) electrons. The van der Waals surface area contributed by atoms with Gasteiger partial charge >= 0.3 is 0 Å². The minimum Gasteiger partial charge on any atom is -0.379 e. The topological polar surface area (TPSA) is 47.0 Å². The Morgan fingerprint density at radius 3 is 2.83 bits per heavy atom. The minimum atomic E-state index is 0.485. The number of hydrogen-bond donors (Lipinski definition) is 1. The van der Waals surface area contributed by atoms with Crippen molar-refractivity contribution in [2.45, 2.75) is 33.6 Å². The standard InChI is InChI=1S/C13H22ClN3O/c1-4-5-12-16-11(14)8-13(17-12)15-6-7-18-9-10(2)3/h8,10H,4-7,9H2,1-3H3,(H,15,16,17). The van der Waals surface area contributed by atoms with Crippen LogP contribution in [0, 0.1) is 5.92 Å². The van der Waals surface area contributed by atoms with Crippen LogP contribution < -0.4 is 5.32 Å². The number of aromatic nitrogens is 2. The molecule has 0 spiro atoms. The normalized spacial score (nSPS) is 10.9. The summed E-state index contributed by atoms with van der Waals surface area (Å²) in [6.45, 7) is 8.54. The van der Waals surface area contributed by atoms with Gasteiger partial charge in [-0.05, 0) is 12.3 Å². The third kappa shape index (κ3) is 6.17. The van der Waals surface area contributed by atoms with Gasteiger partial charge in [0.15, 0.2) is 0 Å². The lowest BCUT2D eigenvalue weighted by molar-refractivity contribution is 0.118. The van der Waals surface area contributed by atoms with Crippen LogP contribution in [0.4, 0.5) is 5.82 Å². The number of rotatable bonds is 8. The molecule has 1 aromatic heterocycles. The summed E-state index contributed by atoms with van der Waals surface area (Å²) in [5.41, 5.74) is 0. The van der Waals surface area contributed by atoms with Crippen molar-refractivity contribution in [1.82, 2.24) is 9.97 Å². The third-order valence-corrected chi connectivity index (χ3v) is 2.41. The van der Waals surface area contributed by atoms with E-state index in [1.807, 2.05) is 0 Å². The highest BCUT2D eigenvalue weighted by molar-refractivity contribution is 6.29. The first-order valence-corrected chi connectivity index (χ1v) is 6.84. The van der Waals surface area contributed by atoms with Crippen LogP contribution in [0.2, 0.25) is 5.15 Å². The predicted octanol–water partition coefficient (Wildman–Crippen LogP) is 3.17. The molecule has 0 aliphatic heterocycles. The van der Waals surface area contributed by atoms with Gasteiger partial charge in [0.2, 0.25) is 0 Å². The van der Waals surface area contributed by atoms with E-state index in [1.54, 1.807) is 6.07 Å². The molecule has 0 atom stereocenters. The number of nitrogens with one attached hydrogen (secondary N) is 1. The van der Waals surface area contributed by atoms with E-state index in [0.717, 1.165) is 37.6 Å². The van der Waals surface area contributed by atoms with Gasteiger partial charge in [0.25, 0.3) is 0 Å². The van der Waals surface area contributed by atoms with Crippen molar-refractivity contribution in [3.8, 4) is 0 Å². The van der Waals surface area contributed by atoms with Crippen molar-refractivity contribution in [2.75, 3.05) is 25.1 Å². The summed E-state index contributed by atoms with van der Waals surface area (Å²) in [7, 11) is 0. The summed E-state index contributed by atoms with van der Waals surface area (Å²) in [5, 5.41) is 3.68. The molecule has 0 aliphatic carbocycles. The molecule has 18 heavy (non-hydrogen) atoms. The number of anilines is 1. The van der Waals surface area contributed by atoms with Crippen LogP contribution in [-0.4, -0.2) is 29.7 Å². The SMILES string of the molecule is CCCc1nc(Cl)cc(NCCOCC(C)C)n1. The minimum absolute atomic E-state index is 0.485. The largest absolute Gasteiger partial charge is 0.379 e. The van der Waals surface area contributed by atoms with Gasteiger partial charge in [0, 0.05) is 25.6 Å². The fourth-order valence-corrected chi connectivity index (χ4v) is 1.66. The van der Waals surface area contributed by atoms with Gasteiger partial charge in [-0.1, -0.05) is 32.4 Å². The van der Waals surface area contributed by atoms with Gasteiger partial charge in [0.05, 0.1) is 6.61 Å². The van der Waals surface area contributed by atoms with Gasteiger partial charge < -0.3 is 10.1 Å². The molecular formula is C13H22ClN3O. The van der Waals surface area contributed by atoms with E-state index in [0.29, 0.717) is 17.7 Å². The van der Waals surface area contributed by atoms with Crippen LogP contribution in [-0.2, 0) is 11.2 Å². The van der Waals surface area contributed by atoms with E-state index in [9.17, 15) is 0 Å². The Bertz CT molecular complexity index is 358. The zero-order valence-corrected chi connectivity index (χ0v) is 12.1. The first-order chi connectivity index (χ1) is 8.61. The maximum Gasteiger partial charge on any atom is 0.134 e. The molecule has 5 heteroatoms. The summed E-state index contributed by atoms with van der Waals surface area (Å²) in [6, 6.07) is 1.74. The van der Waals surface area contributed by atoms with Crippen molar-refractivity contribution in [3.05, 3.63) is 17.0 Å².